The number of imidazole rings is 1. The fourth-order valence-corrected chi connectivity index (χ4v) is 2.84. The fourth-order valence-electron chi connectivity index (χ4n) is 2.19. The van der Waals surface area contributed by atoms with Crippen LogP contribution in [-0.2, 0) is 4.79 Å². The molecule has 0 saturated carbocycles. The zero-order valence-electron chi connectivity index (χ0n) is 11.9. The molecule has 0 fully saturated rings. The van der Waals surface area contributed by atoms with Crippen molar-refractivity contribution < 1.29 is 15.0 Å². The molecule has 0 radical (unpaired) electrons. The summed E-state index contributed by atoms with van der Waals surface area (Å²) in [5.74, 6) is -0.196. The van der Waals surface area contributed by atoms with E-state index in [-0.39, 0.29) is 16.5 Å². The predicted molar refractivity (Wildman–Crippen MR) is 90.6 cm³/mol. The van der Waals surface area contributed by atoms with E-state index in [1.807, 2.05) is 24.5 Å². The number of carboxylic acids is 1. The van der Waals surface area contributed by atoms with Gasteiger partial charge in [0, 0.05) is 5.69 Å². The molecule has 4 N–H and O–H groups in total. The van der Waals surface area contributed by atoms with Gasteiger partial charge in [0.2, 0.25) is 5.88 Å². The number of benzene rings is 1. The maximum Gasteiger partial charge on any atom is 0.326 e. The van der Waals surface area contributed by atoms with Gasteiger partial charge in [-0.15, -0.1) is 0 Å². The van der Waals surface area contributed by atoms with E-state index in [0.717, 1.165) is 0 Å². The molecule has 1 heterocycles. The number of rotatable bonds is 7. The number of aliphatic carboxylic acids is 1. The number of nitrogens with one attached hydrogen (secondary N) is 2. The molecule has 2 rings (SSSR count). The number of H-pyrrole nitrogens is 2. The lowest BCUT2D eigenvalue weighted by Gasteiger charge is -2.29. The minimum absolute atomic E-state index is 0.177. The van der Waals surface area contributed by atoms with Crippen LogP contribution < -0.4 is 4.90 Å². The summed E-state index contributed by atoms with van der Waals surface area (Å²) in [7, 11) is 0. The van der Waals surface area contributed by atoms with Crippen molar-refractivity contribution >= 4 is 41.5 Å². The number of hydrogen-bond acceptors (Lipinski definition) is 5. The van der Waals surface area contributed by atoms with Gasteiger partial charge in [0.1, 0.15) is 6.04 Å². The van der Waals surface area contributed by atoms with Crippen molar-refractivity contribution in [2.45, 2.75) is 12.5 Å². The van der Waals surface area contributed by atoms with Gasteiger partial charge < -0.3 is 25.1 Å². The summed E-state index contributed by atoms with van der Waals surface area (Å²) in [6.07, 6.45) is 2.35. The van der Waals surface area contributed by atoms with Crippen LogP contribution in [0.5, 0.6) is 5.88 Å². The zero-order chi connectivity index (χ0) is 16.1. The molecule has 1 aromatic carbocycles. The molecule has 22 heavy (non-hydrogen) atoms. The number of hydrogen-bond donors (Lipinski definition) is 4. The van der Waals surface area contributed by atoms with E-state index in [9.17, 15) is 15.0 Å². The van der Waals surface area contributed by atoms with Gasteiger partial charge in [0.05, 0.1) is 0 Å². The Morgan fingerprint density at radius 3 is 2.55 bits per heavy atom. The standard InChI is InChI=1S/C14H17N3O3S2/c1-22-8-7-10(13(19)20)17(9-5-3-2-4-6-9)11-12(18)16-14(21)15-11/h2-6,10,18H,7-8H2,1H3,(H,19,20)(H2,15,16,21)/t10-/m0/s1. The summed E-state index contributed by atoms with van der Waals surface area (Å²) in [4.78, 5) is 18.7. The Balaban J connectivity index is 2.51. The number of thioether (sulfide) groups is 1. The largest absolute Gasteiger partial charge is 0.492 e. The van der Waals surface area contributed by atoms with Crippen LogP contribution >= 0.6 is 24.0 Å². The SMILES string of the molecule is CSCC[C@@H](C(=O)O)N(c1ccccc1)c1[nH]c(=S)[nH]c1O. The molecule has 0 aliphatic rings. The molecule has 118 valence electrons. The van der Waals surface area contributed by atoms with Gasteiger partial charge in [-0.3, -0.25) is 0 Å². The average Bonchev–Trinajstić information content (AvgIpc) is 2.82. The topological polar surface area (TPSA) is 92.4 Å². The lowest BCUT2D eigenvalue weighted by Crippen LogP contribution is -2.38. The Morgan fingerprint density at radius 2 is 2.05 bits per heavy atom. The fraction of sp³-hybridized carbons (Fsp3) is 0.286. The van der Waals surface area contributed by atoms with Crippen molar-refractivity contribution in [2.24, 2.45) is 0 Å². The van der Waals surface area contributed by atoms with E-state index in [4.69, 9.17) is 12.2 Å². The second kappa shape index (κ2) is 7.37. The van der Waals surface area contributed by atoms with Crippen LogP contribution in [0.4, 0.5) is 11.5 Å². The Hall–Kier alpha value is -1.93. The van der Waals surface area contributed by atoms with Gasteiger partial charge in [0.15, 0.2) is 10.6 Å². The van der Waals surface area contributed by atoms with Crippen LogP contribution in [0, 0.1) is 4.77 Å². The smallest absolute Gasteiger partial charge is 0.326 e. The molecule has 0 spiro atoms. The molecule has 0 aliphatic carbocycles. The van der Waals surface area contributed by atoms with Crippen molar-refractivity contribution in [2.75, 3.05) is 16.9 Å². The van der Waals surface area contributed by atoms with Gasteiger partial charge >= 0.3 is 5.97 Å². The Morgan fingerprint density at radius 1 is 1.36 bits per heavy atom. The van der Waals surface area contributed by atoms with Gasteiger partial charge in [-0.2, -0.15) is 11.8 Å². The summed E-state index contributed by atoms with van der Waals surface area (Å²) in [6, 6.07) is 8.24. The highest BCUT2D eigenvalue weighted by molar-refractivity contribution is 7.98. The van der Waals surface area contributed by atoms with E-state index in [1.165, 1.54) is 0 Å². The molecule has 1 atom stereocenters. The molecule has 0 unspecified atom stereocenters. The molecule has 0 saturated heterocycles. The summed E-state index contributed by atoms with van der Waals surface area (Å²) < 4.78 is 0.238. The third-order valence-corrected chi connectivity index (χ3v) is 4.00. The van der Waals surface area contributed by atoms with E-state index < -0.39 is 12.0 Å². The number of aromatic hydroxyl groups is 1. The normalized spacial score (nSPS) is 12.0. The van der Waals surface area contributed by atoms with E-state index >= 15 is 0 Å². The Labute approximate surface area is 137 Å². The highest BCUT2D eigenvalue weighted by Gasteiger charge is 2.29. The summed E-state index contributed by atoms with van der Waals surface area (Å²) >= 11 is 6.55. The second-order valence-electron chi connectivity index (χ2n) is 4.62. The average molecular weight is 339 g/mol. The number of aromatic nitrogens is 2. The summed E-state index contributed by atoms with van der Waals surface area (Å²) in [5.41, 5.74) is 0.663. The molecule has 6 nitrogen and oxygen atoms in total. The third kappa shape index (κ3) is 3.63. The molecule has 1 aromatic heterocycles. The molecular weight excluding hydrogens is 322 g/mol. The van der Waals surface area contributed by atoms with Crippen molar-refractivity contribution in [3.05, 3.63) is 35.1 Å². The number of para-hydroxylation sites is 1. The molecule has 0 aliphatic heterocycles. The maximum atomic E-state index is 11.7. The van der Waals surface area contributed by atoms with Crippen LogP contribution in [0.3, 0.4) is 0 Å². The molecule has 2 aromatic rings. The lowest BCUT2D eigenvalue weighted by atomic mass is 10.1. The first-order valence-electron chi connectivity index (χ1n) is 6.62. The first kappa shape index (κ1) is 16.4. The number of anilines is 2. The zero-order valence-corrected chi connectivity index (χ0v) is 13.6. The van der Waals surface area contributed by atoms with Crippen LogP contribution in [0.25, 0.3) is 0 Å². The predicted octanol–water partition coefficient (Wildman–Crippen LogP) is 3.12. The molecular formula is C14H17N3O3S2. The van der Waals surface area contributed by atoms with Crippen LogP contribution in [0.1, 0.15) is 6.42 Å². The number of carboxylic acid groups (broad SMARTS) is 1. The van der Waals surface area contributed by atoms with Crippen molar-refractivity contribution in [3.63, 3.8) is 0 Å². The Bertz CT molecular complexity index is 684. The van der Waals surface area contributed by atoms with Crippen LogP contribution in [0.15, 0.2) is 30.3 Å². The number of nitrogens with zero attached hydrogens (tertiary/aromatic N) is 1. The third-order valence-electron chi connectivity index (χ3n) is 3.16. The maximum absolute atomic E-state index is 11.7. The van der Waals surface area contributed by atoms with Crippen molar-refractivity contribution in [1.29, 1.82) is 0 Å². The first-order chi connectivity index (χ1) is 10.5. The highest BCUT2D eigenvalue weighted by Crippen LogP contribution is 2.33. The highest BCUT2D eigenvalue weighted by atomic mass is 32.2. The second-order valence-corrected chi connectivity index (χ2v) is 6.01. The van der Waals surface area contributed by atoms with Crippen molar-refractivity contribution in [3.8, 4) is 5.88 Å². The first-order valence-corrected chi connectivity index (χ1v) is 8.42. The number of carbonyl (C=O) groups is 1. The van der Waals surface area contributed by atoms with Gasteiger partial charge in [-0.25, -0.2) is 4.79 Å². The minimum atomic E-state index is -0.960. The van der Waals surface area contributed by atoms with E-state index in [2.05, 4.69) is 9.97 Å². The quantitative estimate of drug-likeness (QED) is 0.579. The van der Waals surface area contributed by atoms with E-state index in [1.54, 1.807) is 28.8 Å². The van der Waals surface area contributed by atoms with Crippen LogP contribution in [-0.4, -0.2) is 44.2 Å². The monoisotopic (exact) mass is 339 g/mol. The lowest BCUT2D eigenvalue weighted by molar-refractivity contribution is -0.138. The summed E-state index contributed by atoms with van der Waals surface area (Å²) in [5, 5.41) is 19.6. The minimum Gasteiger partial charge on any atom is -0.492 e. The molecule has 0 bridgehead atoms. The molecule has 8 heteroatoms. The van der Waals surface area contributed by atoms with Gasteiger partial charge in [-0.05, 0) is 42.8 Å². The van der Waals surface area contributed by atoms with Gasteiger partial charge in [-0.1, -0.05) is 18.2 Å². The van der Waals surface area contributed by atoms with E-state index in [0.29, 0.717) is 17.9 Å². The van der Waals surface area contributed by atoms with Crippen LogP contribution in [0.2, 0.25) is 0 Å². The Kier molecular flexibility index (Phi) is 5.51. The molecule has 0 amide bonds. The van der Waals surface area contributed by atoms with Gasteiger partial charge in [0.25, 0.3) is 0 Å². The van der Waals surface area contributed by atoms with Crippen molar-refractivity contribution in [1.82, 2.24) is 9.97 Å². The summed E-state index contributed by atoms with van der Waals surface area (Å²) in [6.45, 7) is 0. The number of aromatic amines is 2.